The fourth-order valence-corrected chi connectivity index (χ4v) is 1.20. The lowest BCUT2D eigenvalue weighted by Crippen LogP contribution is -2.07. The van der Waals surface area contributed by atoms with Crippen LogP contribution in [-0.2, 0) is 0 Å². The number of anilines is 2. The van der Waals surface area contributed by atoms with Gasteiger partial charge in [-0.25, -0.2) is 4.39 Å². The molecule has 0 bridgehead atoms. The second kappa shape index (κ2) is 5.02. The monoisotopic (exact) mass is 218 g/mol. The molecule has 0 heterocycles. The van der Waals surface area contributed by atoms with Crippen LogP contribution in [0.4, 0.5) is 15.8 Å². The molecule has 5 heteroatoms. The Morgan fingerprint density at radius 1 is 1.50 bits per heavy atom. The molecule has 0 spiro atoms. The van der Waals surface area contributed by atoms with Crippen molar-refractivity contribution < 1.29 is 9.50 Å². The second-order valence-electron chi connectivity index (χ2n) is 2.83. The van der Waals surface area contributed by atoms with E-state index in [9.17, 15) is 4.39 Å². The van der Waals surface area contributed by atoms with E-state index < -0.39 is 5.82 Å². The van der Waals surface area contributed by atoms with Gasteiger partial charge in [0.05, 0.1) is 16.4 Å². The first-order chi connectivity index (χ1) is 6.66. The van der Waals surface area contributed by atoms with E-state index in [1.54, 1.807) is 0 Å². The van der Waals surface area contributed by atoms with Crippen LogP contribution < -0.4 is 11.1 Å². The van der Waals surface area contributed by atoms with Gasteiger partial charge in [0.2, 0.25) is 0 Å². The Labute approximate surface area is 86.7 Å². The van der Waals surface area contributed by atoms with Gasteiger partial charge in [-0.3, -0.25) is 0 Å². The Balaban J connectivity index is 2.79. The third kappa shape index (κ3) is 2.49. The minimum atomic E-state index is -0.551. The lowest BCUT2D eigenvalue weighted by atomic mass is 10.2. The van der Waals surface area contributed by atoms with Crippen LogP contribution in [0.2, 0.25) is 5.02 Å². The summed E-state index contributed by atoms with van der Waals surface area (Å²) in [5, 5.41) is 11.4. The molecule has 0 amide bonds. The molecule has 0 atom stereocenters. The molecule has 1 rings (SSSR count). The Bertz CT molecular complexity index is 320. The highest BCUT2D eigenvalue weighted by Crippen LogP contribution is 2.28. The normalized spacial score (nSPS) is 10.2. The molecule has 1 aromatic rings. The van der Waals surface area contributed by atoms with Crippen LogP contribution in [0, 0.1) is 5.82 Å². The van der Waals surface area contributed by atoms with E-state index in [4.69, 9.17) is 22.4 Å². The predicted molar refractivity (Wildman–Crippen MR) is 56.0 cm³/mol. The van der Waals surface area contributed by atoms with Crippen molar-refractivity contribution in [2.24, 2.45) is 0 Å². The van der Waals surface area contributed by atoms with Gasteiger partial charge in [-0.2, -0.15) is 0 Å². The minimum Gasteiger partial charge on any atom is -0.397 e. The van der Waals surface area contributed by atoms with Crippen molar-refractivity contribution in [3.63, 3.8) is 0 Å². The van der Waals surface area contributed by atoms with Crippen LogP contribution >= 0.6 is 11.6 Å². The van der Waals surface area contributed by atoms with Gasteiger partial charge in [-0.1, -0.05) is 11.6 Å². The number of rotatable bonds is 4. The highest BCUT2D eigenvalue weighted by atomic mass is 35.5. The number of nitrogens with two attached hydrogens (primary N) is 1. The average molecular weight is 219 g/mol. The van der Waals surface area contributed by atoms with E-state index in [1.165, 1.54) is 12.1 Å². The molecule has 14 heavy (non-hydrogen) atoms. The summed E-state index contributed by atoms with van der Waals surface area (Å²) in [6.07, 6.45) is 0.533. The van der Waals surface area contributed by atoms with Crippen molar-refractivity contribution in [2.75, 3.05) is 24.2 Å². The number of aliphatic hydroxyl groups is 1. The summed E-state index contributed by atoms with van der Waals surface area (Å²) in [4.78, 5) is 0. The van der Waals surface area contributed by atoms with Gasteiger partial charge in [0.15, 0.2) is 5.82 Å². The summed E-state index contributed by atoms with van der Waals surface area (Å²) in [5.41, 5.74) is 6.06. The number of benzene rings is 1. The van der Waals surface area contributed by atoms with Crippen molar-refractivity contribution in [1.82, 2.24) is 0 Å². The second-order valence-corrected chi connectivity index (χ2v) is 3.24. The molecule has 3 nitrogen and oxygen atoms in total. The molecule has 0 saturated heterocycles. The number of nitrogens with one attached hydrogen (secondary N) is 1. The van der Waals surface area contributed by atoms with Gasteiger partial charge < -0.3 is 16.2 Å². The fourth-order valence-electron chi connectivity index (χ4n) is 1.04. The molecule has 0 fully saturated rings. The highest BCUT2D eigenvalue weighted by molar-refractivity contribution is 6.31. The van der Waals surface area contributed by atoms with Crippen LogP contribution in [0.5, 0.6) is 0 Å². The van der Waals surface area contributed by atoms with Crippen molar-refractivity contribution in [3.05, 3.63) is 23.0 Å². The smallest absolute Gasteiger partial charge is 0.166 e. The van der Waals surface area contributed by atoms with Crippen LogP contribution in [0.25, 0.3) is 0 Å². The van der Waals surface area contributed by atoms with E-state index in [0.29, 0.717) is 18.7 Å². The lowest BCUT2D eigenvalue weighted by Gasteiger charge is -2.10. The van der Waals surface area contributed by atoms with Gasteiger partial charge in [0.1, 0.15) is 0 Å². The fraction of sp³-hybridized carbons (Fsp3) is 0.333. The van der Waals surface area contributed by atoms with Crippen molar-refractivity contribution in [3.8, 4) is 0 Å². The summed E-state index contributed by atoms with van der Waals surface area (Å²) >= 11 is 5.58. The Morgan fingerprint density at radius 3 is 2.86 bits per heavy atom. The molecular weight excluding hydrogens is 207 g/mol. The SMILES string of the molecule is Nc1ccc(Cl)c(F)c1NCCCO. The molecule has 0 radical (unpaired) electrons. The molecule has 0 aliphatic carbocycles. The molecule has 78 valence electrons. The zero-order valence-corrected chi connectivity index (χ0v) is 8.31. The third-order valence-electron chi connectivity index (χ3n) is 1.76. The van der Waals surface area contributed by atoms with E-state index in [0.717, 1.165) is 0 Å². The first kappa shape index (κ1) is 11.1. The first-order valence-corrected chi connectivity index (χ1v) is 4.63. The Morgan fingerprint density at radius 2 is 2.21 bits per heavy atom. The number of nitrogen functional groups attached to an aromatic ring is 1. The van der Waals surface area contributed by atoms with Gasteiger partial charge in [-0.05, 0) is 18.6 Å². The summed E-state index contributed by atoms with van der Waals surface area (Å²) in [6.45, 7) is 0.507. The van der Waals surface area contributed by atoms with Gasteiger partial charge in [0, 0.05) is 13.2 Å². The van der Waals surface area contributed by atoms with Crippen LogP contribution in [0.15, 0.2) is 12.1 Å². The first-order valence-electron chi connectivity index (χ1n) is 4.25. The maximum Gasteiger partial charge on any atom is 0.166 e. The van der Waals surface area contributed by atoms with Crippen molar-refractivity contribution in [1.29, 1.82) is 0 Å². The number of hydrogen-bond donors (Lipinski definition) is 3. The van der Waals surface area contributed by atoms with Gasteiger partial charge in [-0.15, -0.1) is 0 Å². The number of halogens is 2. The molecule has 0 aromatic heterocycles. The molecule has 0 saturated carbocycles. The lowest BCUT2D eigenvalue weighted by molar-refractivity contribution is 0.292. The Hall–Kier alpha value is -1.00. The summed E-state index contributed by atoms with van der Waals surface area (Å²) < 4.78 is 13.4. The maximum atomic E-state index is 13.4. The molecule has 1 aromatic carbocycles. The van der Waals surface area contributed by atoms with E-state index in [1.807, 2.05) is 0 Å². The molecule has 0 aliphatic rings. The molecule has 4 N–H and O–H groups in total. The van der Waals surface area contributed by atoms with Gasteiger partial charge >= 0.3 is 0 Å². The predicted octanol–water partition coefficient (Wildman–Crippen LogP) is 1.86. The molecular formula is C9H12ClFN2O. The summed E-state index contributed by atoms with van der Waals surface area (Å²) in [5.74, 6) is -0.551. The third-order valence-corrected chi connectivity index (χ3v) is 2.06. The van der Waals surface area contributed by atoms with Crippen LogP contribution in [0.1, 0.15) is 6.42 Å². The van der Waals surface area contributed by atoms with E-state index in [2.05, 4.69) is 5.32 Å². The average Bonchev–Trinajstić information content (AvgIpc) is 2.18. The quantitative estimate of drug-likeness (QED) is 0.534. The summed E-state index contributed by atoms with van der Waals surface area (Å²) in [7, 11) is 0. The maximum absolute atomic E-state index is 13.4. The largest absolute Gasteiger partial charge is 0.397 e. The highest BCUT2D eigenvalue weighted by Gasteiger charge is 2.09. The zero-order valence-electron chi connectivity index (χ0n) is 7.56. The standard InChI is InChI=1S/C9H12ClFN2O/c10-6-2-3-7(12)9(8(6)11)13-4-1-5-14/h2-3,13-14H,1,4-5,12H2. The topological polar surface area (TPSA) is 58.3 Å². The van der Waals surface area contributed by atoms with Crippen molar-refractivity contribution >= 4 is 23.0 Å². The summed E-state index contributed by atoms with van der Waals surface area (Å²) in [6, 6.07) is 2.94. The number of aliphatic hydroxyl groups excluding tert-OH is 1. The molecule has 0 unspecified atom stereocenters. The van der Waals surface area contributed by atoms with Crippen LogP contribution in [0.3, 0.4) is 0 Å². The van der Waals surface area contributed by atoms with Gasteiger partial charge in [0.25, 0.3) is 0 Å². The molecule has 0 aliphatic heterocycles. The Kier molecular flexibility index (Phi) is 3.98. The van der Waals surface area contributed by atoms with Crippen LogP contribution in [-0.4, -0.2) is 18.3 Å². The van der Waals surface area contributed by atoms with E-state index in [-0.39, 0.29) is 17.3 Å². The van der Waals surface area contributed by atoms with E-state index >= 15 is 0 Å². The minimum absolute atomic E-state index is 0.0331. The number of hydrogen-bond acceptors (Lipinski definition) is 3. The zero-order chi connectivity index (χ0) is 10.6. The van der Waals surface area contributed by atoms with Crippen molar-refractivity contribution in [2.45, 2.75) is 6.42 Å².